The van der Waals surface area contributed by atoms with Crippen LogP contribution in [0.15, 0.2) is 48.5 Å². The molecule has 246 valence electrons. The molecule has 10 nitrogen and oxygen atoms in total. The molecule has 2 atom stereocenters. The van der Waals surface area contributed by atoms with Crippen molar-refractivity contribution in [2.75, 3.05) is 51.0 Å². The van der Waals surface area contributed by atoms with Gasteiger partial charge in [-0.1, -0.05) is 29.8 Å². The van der Waals surface area contributed by atoms with E-state index in [1.54, 1.807) is 39.2 Å². The van der Waals surface area contributed by atoms with Crippen LogP contribution < -0.4 is 20.7 Å². The van der Waals surface area contributed by atoms with E-state index in [2.05, 4.69) is 15.3 Å². The highest BCUT2D eigenvalue weighted by molar-refractivity contribution is 6.30. The highest BCUT2D eigenvalue weighted by Crippen LogP contribution is 2.43. The quantitative estimate of drug-likeness (QED) is 0.311. The number of hydrogen-bond acceptors (Lipinski definition) is 9. The van der Waals surface area contributed by atoms with Crippen LogP contribution in [0.5, 0.6) is 5.88 Å². The molecule has 2 fully saturated rings. The Morgan fingerprint density at radius 1 is 1.15 bits per heavy atom. The molecule has 2 aromatic carbocycles. The zero-order valence-electron chi connectivity index (χ0n) is 25.7. The molecule has 2 saturated heterocycles. The SMILES string of the molecule is CCOC(=O)[C@@H]1CC2(CCN(c3cc(O[C@H](c4ccc(Cl)cc4-c4cccc(C(=O)N(C)C)c4)C(F)(F)F)nc(N)n3)CC2)CN1. The number of alkyl halides is 3. The zero-order valence-corrected chi connectivity index (χ0v) is 26.5. The average Bonchev–Trinajstić information content (AvgIpc) is 3.42. The molecule has 0 bridgehead atoms. The molecule has 46 heavy (non-hydrogen) atoms. The Kier molecular flexibility index (Phi) is 9.64. The summed E-state index contributed by atoms with van der Waals surface area (Å²) >= 11 is 6.24. The van der Waals surface area contributed by atoms with E-state index >= 15 is 0 Å². The van der Waals surface area contributed by atoms with E-state index < -0.39 is 12.3 Å². The Hall–Kier alpha value is -4.10. The molecule has 14 heteroatoms. The van der Waals surface area contributed by atoms with Gasteiger partial charge in [0.15, 0.2) is 0 Å². The van der Waals surface area contributed by atoms with Gasteiger partial charge in [0, 0.05) is 55.9 Å². The summed E-state index contributed by atoms with van der Waals surface area (Å²) < 4.78 is 54.9. The lowest BCUT2D eigenvalue weighted by molar-refractivity contribution is -0.198. The summed E-state index contributed by atoms with van der Waals surface area (Å²) in [7, 11) is 3.18. The lowest BCUT2D eigenvalue weighted by Gasteiger charge is -2.39. The number of nitrogen functional groups attached to an aromatic ring is 1. The van der Waals surface area contributed by atoms with Crippen molar-refractivity contribution in [1.29, 1.82) is 0 Å². The van der Waals surface area contributed by atoms with Crippen molar-refractivity contribution in [2.45, 2.75) is 44.5 Å². The number of amides is 1. The van der Waals surface area contributed by atoms with Gasteiger partial charge in [0.1, 0.15) is 11.9 Å². The molecule has 2 aliphatic rings. The number of piperidine rings is 1. The minimum atomic E-state index is -4.86. The van der Waals surface area contributed by atoms with Crippen LogP contribution in [-0.2, 0) is 9.53 Å². The number of rotatable bonds is 8. The average molecular weight is 661 g/mol. The third kappa shape index (κ3) is 7.31. The smallest absolute Gasteiger partial charge is 0.429 e. The first-order valence-corrected chi connectivity index (χ1v) is 15.3. The van der Waals surface area contributed by atoms with Gasteiger partial charge in [-0.2, -0.15) is 23.1 Å². The third-order valence-corrected chi connectivity index (χ3v) is 8.68. The van der Waals surface area contributed by atoms with Crippen molar-refractivity contribution in [1.82, 2.24) is 20.2 Å². The molecule has 1 amide bonds. The van der Waals surface area contributed by atoms with E-state index in [0.717, 1.165) is 12.8 Å². The molecule has 5 rings (SSSR count). The van der Waals surface area contributed by atoms with Gasteiger partial charge in [-0.05, 0) is 67.0 Å². The normalized spacial score (nSPS) is 18.3. The van der Waals surface area contributed by atoms with Gasteiger partial charge in [0.05, 0.1) is 6.61 Å². The predicted octanol–water partition coefficient (Wildman–Crippen LogP) is 5.28. The first kappa shape index (κ1) is 33.3. The first-order chi connectivity index (χ1) is 21.8. The second-order valence-electron chi connectivity index (χ2n) is 11.9. The van der Waals surface area contributed by atoms with Crippen molar-refractivity contribution in [3.8, 4) is 17.0 Å². The molecule has 1 spiro atoms. The Balaban J connectivity index is 1.40. The van der Waals surface area contributed by atoms with Crippen LogP contribution in [0.4, 0.5) is 24.9 Å². The van der Waals surface area contributed by atoms with Gasteiger partial charge in [-0.25, -0.2) is 0 Å². The fourth-order valence-corrected chi connectivity index (χ4v) is 6.25. The van der Waals surface area contributed by atoms with Gasteiger partial charge in [-0.3, -0.25) is 9.59 Å². The van der Waals surface area contributed by atoms with Crippen LogP contribution in [0.1, 0.15) is 48.2 Å². The molecule has 2 aliphatic heterocycles. The highest BCUT2D eigenvalue weighted by atomic mass is 35.5. The maximum atomic E-state index is 14.7. The molecule has 3 heterocycles. The van der Waals surface area contributed by atoms with Gasteiger partial charge in [0.25, 0.3) is 5.91 Å². The number of anilines is 2. The number of benzene rings is 2. The van der Waals surface area contributed by atoms with Crippen LogP contribution in [0.3, 0.4) is 0 Å². The van der Waals surface area contributed by atoms with E-state index in [1.807, 2.05) is 4.90 Å². The fraction of sp³-hybridized carbons (Fsp3) is 0.438. The Labute approximate surface area is 270 Å². The van der Waals surface area contributed by atoms with Crippen molar-refractivity contribution >= 4 is 35.2 Å². The highest BCUT2D eigenvalue weighted by Gasteiger charge is 2.46. The molecule has 1 aromatic heterocycles. The minimum absolute atomic E-state index is 0.0906. The molecule has 0 aliphatic carbocycles. The van der Waals surface area contributed by atoms with Crippen LogP contribution in [0.2, 0.25) is 5.02 Å². The predicted molar refractivity (Wildman–Crippen MR) is 168 cm³/mol. The van der Waals surface area contributed by atoms with Gasteiger partial charge in [-0.15, -0.1) is 0 Å². The summed E-state index contributed by atoms with van der Waals surface area (Å²) in [5.41, 5.74) is 6.48. The standard InChI is InChI=1S/C32H36ClF3N6O4/c1-4-45-29(44)24-17-31(18-38-24)10-12-42(13-11-31)25-16-26(40-30(37)39-25)46-27(32(34,35)36)22-9-8-21(33)15-23(22)19-6-5-7-20(14-19)28(43)41(2)3/h5-9,14-16,24,27,38H,4,10-13,17-18H2,1-3H3,(H2,37,39,40)/t24-,27+/m0/s1. The molecule has 3 aromatic rings. The van der Waals surface area contributed by atoms with Crippen LogP contribution >= 0.6 is 11.6 Å². The summed E-state index contributed by atoms with van der Waals surface area (Å²) in [5.74, 6) is -0.788. The van der Waals surface area contributed by atoms with Crippen LogP contribution in [-0.4, -0.2) is 79.3 Å². The number of ether oxygens (including phenoxy) is 2. The summed E-state index contributed by atoms with van der Waals surface area (Å²) in [5, 5.41) is 3.48. The summed E-state index contributed by atoms with van der Waals surface area (Å²) in [6, 6.07) is 11.3. The Morgan fingerprint density at radius 3 is 2.57 bits per heavy atom. The zero-order chi connectivity index (χ0) is 33.2. The number of nitrogens with two attached hydrogens (primary N) is 1. The van der Waals surface area contributed by atoms with E-state index in [4.69, 9.17) is 26.8 Å². The maximum Gasteiger partial charge on any atom is 0.429 e. The number of esters is 1. The number of halogens is 4. The maximum absolute atomic E-state index is 14.7. The number of carbonyl (C=O) groups is 2. The molecule has 0 unspecified atom stereocenters. The molecular weight excluding hydrogens is 625 g/mol. The van der Waals surface area contributed by atoms with Gasteiger partial charge >= 0.3 is 12.1 Å². The third-order valence-electron chi connectivity index (χ3n) is 8.45. The van der Waals surface area contributed by atoms with E-state index in [-0.39, 0.29) is 51.3 Å². The monoisotopic (exact) mass is 660 g/mol. The van der Waals surface area contributed by atoms with E-state index in [9.17, 15) is 22.8 Å². The molecular formula is C32H36ClF3N6O4. The first-order valence-electron chi connectivity index (χ1n) is 14.9. The van der Waals surface area contributed by atoms with Crippen molar-refractivity contribution < 1.29 is 32.2 Å². The Bertz CT molecular complexity index is 1600. The molecule has 0 radical (unpaired) electrons. The van der Waals surface area contributed by atoms with Crippen molar-refractivity contribution in [3.63, 3.8) is 0 Å². The van der Waals surface area contributed by atoms with Crippen molar-refractivity contribution in [2.24, 2.45) is 5.41 Å². The number of carbonyl (C=O) groups excluding carboxylic acids is 2. The van der Waals surface area contributed by atoms with E-state index in [0.29, 0.717) is 49.6 Å². The molecule has 0 saturated carbocycles. The summed E-state index contributed by atoms with van der Waals surface area (Å²) in [6.45, 7) is 3.87. The van der Waals surface area contributed by atoms with Gasteiger partial charge in [0.2, 0.25) is 17.9 Å². The van der Waals surface area contributed by atoms with Gasteiger partial charge < -0.3 is 30.3 Å². The lowest BCUT2D eigenvalue weighted by Crippen LogP contribution is -2.41. The number of nitrogens with one attached hydrogen (secondary N) is 1. The summed E-state index contributed by atoms with van der Waals surface area (Å²) in [4.78, 5) is 36.4. The van der Waals surface area contributed by atoms with Crippen LogP contribution in [0.25, 0.3) is 11.1 Å². The fourth-order valence-electron chi connectivity index (χ4n) is 6.08. The van der Waals surface area contributed by atoms with Crippen LogP contribution in [0, 0.1) is 5.41 Å². The van der Waals surface area contributed by atoms with E-state index in [1.165, 1.54) is 35.2 Å². The van der Waals surface area contributed by atoms with Crippen molar-refractivity contribution in [3.05, 3.63) is 64.7 Å². The topological polar surface area (TPSA) is 123 Å². The number of aromatic nitrogens is 2. The second kappa shape index (κ2) is 13.3. The second-order valence-corrected chi connectivity index (χ2v) is 12.3. The largest absolute Gasteiger partial charge is 0.465 e. The molecule has 3 N–H and O–H groups in total. The lowest BCUT2D eigenvalue weighted by atomic mass is 9.76. The summed E-state index contributed by atoms with van der Waals surface area (Å²) in [6.07, 6.45) is -5.16. The number of nitrogens with zero attached hydrogens (tertiary/aromatic N) is 4. The minimum Gasteiger partial charge on any atom is -0.465 e. The Morgan fingerprint density at radius 2 is 1.89 bits per heavy atom. The number of hydrogen-bond donors (Lipinski definition) is 2.